The van der Waals surface area contributed by atoms with Crippen LogP contribution in [0.4, 0.5) is 0 Å². The standard InChI is InChI=1S/C31H37ClN2O4/c1-5-22(2)33-31(36)27(19-23-10-7-6-8-11-23)34(21-25-12-9-13-26(32)18-25)30(35)17-15-24-14-16-28(37-3)29(20-24)38-4/h6-14,16,18,20,22,27H,5,15,17,19,21H2,1-4H3,(H,33,36)/t22-,27+/m0/s1. The molecule has 2 amide bonds. The van der Waals surface area contributed by atoms with Crippen LogP contribution in [0.1, 0.15) is 43.4 Å². The maximum atomic E-state index is 13.8. The van der Waals surface area contributed by atoms with Crippen molar-refractivity contribution in [2.24, 2.45) is 0 Å². The van der Waals surface area contributed by atoms with Crippen LogP contribution in [0.3, 0.4) is 0 Å². The zero-order chi connectivity index (χ0) is 27.5. The predicted octanol–water partition coefficient (Wildman–Crippen LogP) is 5.84. The first-order chi connectivity index (χ1) is 18.3. The lowest BCUT2D eigenvalue weighted by Crippen LogP contribution is -2.52. The molecule has 0 radical (unpaired) electrons. The number of carbonyl (C=O) groups is 2. The van der Waals surface area contributed by atoms with Gasteiger partial charge in [-0.25, -0.2) is 0 Å². The number of amides is 2. The molecule has 1 N–H and O–H groups in total. The van der Waals surface area contributed by atoms with Crippen LogP contribution in [-0.2, 0) is 29.0 Å². The zero-order valence-corrected chi connectivity index (χ0v) is 23.3. The van der Waals surface area contributed by atoms with Crippen molar-refractivity contribution in [3.63, 3.8) is 0 Å². The summed E-state index contributed by atoms with van der Waals surface area (Å²) < 4.78 is 10.8. The van der Waals surface area contributed by atoms with Gasteiger partial charge in [-0.05, 0) is 60.7 Å². The molecule has 2 atom stereocenters. The fourth-order valence-electron chi connectivity index (χ4n) is 4.26. The minimum absolute atomic E-state index is 0.00402. The molecule has 6 nitrogen and oxygen atoms in total. The van der Waals surface area contributed by atoms with E-state index in [-0.39, 0.29) is 30.8 Å². The first-order valence-electron chi connectivity index (χ1n) is 12.9. The van der Waals surface area contributed by atoms with E-state index in [0.717, 1.165) is 23.1 Å². The lowest BCUT2D eigenvalue weighted by molar-refractivity contribution is -0.141. The summed E-state index contributed by atoms with van der Waals surface area (Å²) in [4.78, 5) is 29.1. The fraction of sp³-hybridized carbons (Fsp3) is 0.355. The van der Waals surface area contributed by atoms with Gasteiger partial charge < -0.3 is 19.7 Å². The average molecular weight is 537 g/mol. The molecule has 3 aromatic rings. The van der Waals surface area contributed by atoms with Crippen LogP contribution in [0.25, 0.3) is 0 Å². The Bertz CT molecular complexity index is 1200. The third-order valence-corrected chi connectivity index (χ3v) is 6.82. The summed E-state index contributed by atoms with van der Waals surface area (Å²) in [6, 6.07) is 22.2. The highest BCUT2D eigenvalue weighted by Crippen LogP contribution is 2.28. The number of carbonyl (C=O) groups excluding carboxylic acids is 2. The van der Waals surface area contributed by atoms with Crippen molar-refractivity contribution in [2.75, 3.05) is 14.2 Å². The molecule has 0 heterocycles. The number of halogens is 1. The summed E-state index contributed by atoms with van der Waals surface area (Å²) in [5.41, 5.74) is 2.80. The Hall–Kier alpha value is -3.51. The highest BCUT2D eigenvalue weighted by molar-refractivity contribution is 6.30. The molecule has 0 aromatic heterocycles. The molecule has 7 heteroatoms. The van der Waals surface area contributed by atoms with Crippen LogP contribution >= 0.6 is 11.6 Å². The van der Waals surface area contributed by atoms with E-state index in [9.17, 15) is 9.59 Å². The monoisotopic (exact) mass is 536 g/mol. The van der Waals surface area contributed by atoms with Crippen molar-refractivity contribution in [1.29, 1.82) is 0 Å². The highest BCUT2D eigenvalue weighted by atomic mass is 35.5. The van der Waals surface area contributed by atoms with Crippen molar-refractivity contribution in [3.05, 3.63) is 94.5 Å². The molecule has 0 aliphatic heterocycles. The van der Waals surface area contributed by atoms with Gasteiger partial charge in [0.2, 0.25) is 11.8 Å². The SMILES string of the molecule is CC[C@H](C)NC(=O)[C@@H](Cc1ccccc1)N(Cc1cccc(Cl)c1)C(=O)CCc1ccc(OC)c(OC)c1. The van der Waals surface area contributed by atoms with E-state index in [1.54, 1.807) is 25.2 Å². The van der Waals surface area contributed by atoms with Gasteiger partial charge >= 0.3 is 0 Å². The molecular weight excluding hydrogens is 500 g/mol. The van der Waals surface area contributed by atoms with E-state index >= 15 is 0 Å². The summed E-state index contributed by atoms with van der Waals surface area (Å²) in [5, 5.41) is 3.68. The minimum atomic E-state index is -0.678. The number of nitrogens with zero attached hydrogens (tertiary/aromatic N) is 1. The van der Waals surface area contributed by atoms with E-state index in [4.69, 9.17) is 21.1 Å². The van der Waals surface area contributed by atoms with E-state index < -0.39 is 6.04 Å². The lowest BCUT2D eigenvalue weighted by Gasteiger charge is -2.32. The minimum Gasteiger partial charge on any atom is -0.493 e. The Balaban J connectivity index is 1.91. The highest BCUT2D eigenvalue weighted by Gasteiger charge is 2.30. The Kier molecular flexibility index (Phi) is 11.0. The van der Waals surface area contributed by atoms with Crippen LogP contribution in [0.2, 0.25) is 5.02 Å². The molecule has 3 rings (SSSR count). The molecule has 0 unspecified atom stereocenters. The third-order valence-electron chi connectivity index (χ3n) is 6.59. The number of nitrogens with one attached hydrogen (secondary N) is 1. The van der Waals surface area contributed by atoms with Gasteiger partial charge in [0, 0.05) is 30.5 Å². The lowest BCUT2D eigenvalue weighted by atomic mass is 10.0. The predicted molar refractivity (Wildman–Crippen MR) is 152 cm³/mol. The van der Waals surface area contributed by atoms with Crippen molar-refractivity contribution >= 4 is 23.4 Å². The molecule has 202 valence electrons. The van der Waals surface area contributed by atoms with Gasteiger partial charge in [-0.3, -0.25) is 9.59 Å². The number of benzene rings is 3. The summed E-state index contributed by atoms with van der Waals surface area (Å²) in [6.07, 6.45) is 1.94. The Morgan fingerprint density at radius 2 is 1.61 bits per heavy atom. The second-order valence-corrected chi connectivity index (χ2v) is 9.80. The van der Waals surface area contributed by atoms with Crippen molar-refractivity contribution < 1.29 is 19.1 Å². The molecule has 3 aromatic carbocycles. The normalized spacial score (nSPS) is 12.3. The topological polar surface area (TPSA) is 67.9 Å². The van der Waals surface area contributed by atoms with Crippen molar-refractivity contribution in [3.8, 4) is 11.5 Å². The summed E-state index contributed by atoms with van der Waals surface area (Å²) >= 11 is 6.26. The second-order valence-electron chi connectivity index (χ2n) is 9.36. The molecule has 0 aliphatic rings. The molecule has 0 saturated carbocycles. The fourth-order valence-corrected chi connectivity index (χ4v) is 4.47. The van der Waals surface area contributed by atoms with Gasteiger partial charge in [0.05, 0.1) is 14.2 Å². The summed E-state index contributed by atoms with van der Waals surface area (Å²) in [6.45, 7) is 4.27. The molecule has 0 saturated heterocycles. The Morgan fingerprint density at radius 1 is 0.895 bits per heavy atom. The zero-order valence-electron chi connectivity index (χ0n) is 22.6. The van der Waals surface area contributed by atoms with Gasteiger partial charge in [-0.1, -0.05) is 67.1 Å². The van der Waals surface area contributed by atoms with Gasteiger partial charge in [0.1, 0.15) is 6.04 Å². The van der Waals surface area contributed by atoms with Gasteiger partial charge in [-0.2, -0.15) is 0 Å². The van der Waals surface area contributed by atoms with Gasteiger partial charge in [0.15, 0.2) is 11.5 Å². The van der Waals surface area contributed by atoms with Crippen LogP contribution in [0, 0.1) is 0 Å². The maximum Gasteiger partial charge on any atom is 0.243 e. The van der Waals surface area contributed by atoms with Crippen molar-refractivity contribution in [2.45, 2.75) is 58.2 Å². The molecule has 0 aliphatic carbocycles. The number of ether oxygens (including phenoxy) is 2. The van der Waals surface area contributed by atoms with Crippen molar-refractivity contribution in [1.82, 2.24) is 10.2 Å². The van der Waals surface area contributed by atoms with E-state index in [0.29, 0.717) is 29.4 Å². The summed E-state index contributed by atoms with van der Waals surface area (Å²) in [5.74, 6) is 0.975. The molecular formula is C31H37ClN2O4. The molecule has 0 bridgehead atoms. The van der Waals surface area contributed by atoms with Crippen LogP contribution in [0.15, 0.2) is 72.8 Å². The largest absolute Gasteiger partial charge is 0.493 e. The Morgan fingerprint density at radius 3 is 2.26 bits per heavy atom. The average Bonchev–Trinajstić information content (AvgIpc) is 2.93. The number of hydrogen-bond acceptors (Lipinski definition) is 4. The second kappa shape index (κ2) is 14.4. The Labute approximate surface area is 230 Å². The first-order valence-corrected chi connectivity index (χ1v) is 13.3. The number of rotatable bonds is 13. The van der Waals surface area contributed by atoms with Crippen LogP contribution in [0.5, 0.6) is 11.5 Å². The van der Waals surface area contributed by atoms with E-state index in [1.165, 1.54) is 0 Å². The van der Waals surface area contributed by atoms with Gasteiger partial charge in [0.25, 0.3) is 0 Å². The quantitative estimate of drug-likeness (QED) is 0.298. The van der Waals surface area contributed by atoms with E-state index in [2.05, 4.69) is 5.32 Å². The molecule has 38 heavy (non-hydrogen) atoms. The molecule has 0 fully saturated rings. The van der Waals surface area contributed by atoms with Gasteiger partial charge in [-0.15, -0.1) is 0 Å². The van der Waals surface area contributed by atoms with E-state index in [1.807, 2.05) is 80.6 Å². The molecule has 0 spiro atoms. The number of methoxy groups -OCH3 is 2. The summed E-state index contributed by atoms with van der Waals surface area (Å²) in [7, 11) is 3.18. The number of hydrogen-bond donors (Lipinski definition) is 1. The maximum absolute atomic E-state index is 13.8. The van der Waals surface area contributed by atoms with Crippen LogP contribution < -0.4 is 14.8 Å². The number of aryl methyl sites for hydroxylation is 1. The van der Waals surface area contributed by atoms with Crippen LogP contribution in [-0.4, -0.2) is 43.0 Å². The smallest absolute Gasteiger partial charge is 0.243 e. The third kappa shape index (κ3) is 8.25. The first kappa shape index (κ1) is 29.1.